The third kappa shape index (κ3) is 3.68. The zero-order valence-electron chi connectivity index (χ0n) is 15.9. The van der Waals surface area contributed by atoms with E-state index in [9.17, 15) is 9.59 Å². The molecule has 0 fully saturated rings. The van der Waals surface area contributed by atoms with Crippen molar-refractivity contribution in [2.75, 3.05) is 12.1 Å². The van der Waals surface area contributed by atoms with Crippen molar-refractivity contribution in [1.29, 1.82) is 0 Å². The second kappa shape index (κ2) is 7.79. The summed E-state index contributed by atoms with van der Waals surface area (Å²) in [5.41, 5.74) is 4.93. The monoisotopic (exact) mass is 499 g/mol. The minimum atomic E-state index is -0.660. The molecule has 0 radical (unpaired) electrons. The molecule has 2 aliphatic heterocycles. The Balaban J connectivity index is 1.53. The number of anilines is 1. The molecular formula is C22H15BrClN3O4. The molecular weight excluding hydrogens is 486 g/mol. The van der Waals surface area contributed by atoms with Crippen molar-refractivity contribution in [2.45, 2.75) is 6.17 Å². The van der Waals surface area contributed by atoms with Crippen LogP contribution in [0.15, 0.2) is 65.1 Å². The van der Waals surface area contributed by atoms with Gasteiger partial charge in [-0.1, -0.05) is 33.6 Å². The molecule has 9 heteroatoms. The Morgan fingerprint density at radius 3 is 2.65 bits per heavy atom. The van der Waals surface area contributed by atoms with E-state index < -0.39 is 12.1 Å². The van der Waals surface area contributed by atoms with Crippen LogP contribution >= 0.6 is 27.5 Å². The molecule has 0 aliphatic carbocycles. The molecule has 1 atom stereocenters. The number of carbonyl (C=O) groups excluding carboxylic acids is 2. The van der Waals surface area contributed by atoms with Gasteiger partial charge in [-0.05, 0) is 54.6 Å². The maximum Gasteiger partial charge on any atom is 0.276 e. The van der Waals surface area contributed by atoms with Gasteiger partial charge in [0.2, 0.25) is 6.79 Å². The van der Waals surface area contributed by atoms with E-state index in [-0.39, 0.29) is 12.7 Å². The lowest BCUT2D eigenvalue weighted by Gasteiger charge is -2.37. The molecule has 0 saturated carbocycles. The van der Waals surface area contributed by atoms with Crippen LogP contribution in [0.4, 0.5) is 5.69 Å². The molecule has 0 unspecified atom stereocenters. The number of nitrogens with zero attached hydrogens (tertiary/aromatic N) is 1. The van der Waals surface area contributed by atoms with Crippen LogP contribution in [-0.2, 0) is 0 Å². The van der Waals surface area contributed by atoms with Gasteiger partial charge in [0, 0.05) is 26.3 Å². The first-order valence-electron chi connectivity index (χ1n) is 9.35. The van der Waals surface area contributed by atoms with Gasteiger partial charge in [-0.15, -0.1) is 0 Å². The molecule has 3 aromatic rings. The second-order valence-corrected chi connectivity index (χ2v) is 8.32. The Bertz CT molecular complexity index is 1200. The van der Waals surface area contributed by atoms with Gasteiger partial charge in [0.1, 0.15) is 6.17 Å². The number of rotatable bonds is 3. The fourth-order valence-corrected chi connectivity index (χ4v) is 3.97. The lowest BCUT2D eigenvalue weighted by atomic mass is 10.0. The number of halogens is 2. The van der Waals surface area contributed by atoms with Crippen LogP contribution in [0.2, 0.25) is 5.02 Å². The number of amides is 2. The van der Waals surface area contributed by atoms with Crippen LogP contribution in [-0.4, -0.2) is 23.6 Å². The Hall–Kier alpha value is -3.23. The molecule has 0 aromatic heterocycles. The molecule has 0 saturated heterocycles. The largest absolute Gasteiger partial charge is 0.454 e. The number of hydrazine groups is 1. The second-order valence-electron chi connectivity index (χ2n) is 6.97. The van der Waals surface area contributed by atoms with E-state index in [1.807, 2.05) is 18.2 Å². The van der Waals surface area contributed by atoms with Crippen molar-refractivity contribution in [3.8, 4) is 11.5 Å². The first-order chi connectivity index (χ1) is 15.0. The fraction of sp³-hybridized carbons (Fsp3) is 0.0909. The van der Waals surface area contributed by atoms with Gasteiger partial charge < -0.3 is 14.8 Å². The van der Waals surface area contributed by atoms with Crippen LogP contribution in [0.1, 0.15) is 32.4 Å². The van der Waals surface area contributed by atoms with Gasteiger partial charge in [0.15, 0.2) is 11.5 Å². The van der Waals surface area contributed by atoms with Crippen LogP contribution in [0, 0.1) is 0 Å². The van der Waals surface area contributed by atoms with E-state index in [1.54, 1.807) is 42.5 Å². The van der Waals surface area contributed by atoms with Crippen molar-refractivity contribution < 1.29 is 19.1 Å². The lowest BCUT2D eigenvalue weighted by Crippen LogP contribution is -2.52. The van der Waals surface area contributed by atoms with E-state index in [2.05, 4.69) is 26.7 Å². The quantitative estimate of drug-likeness (QED) is 0.543. The number of ether oxygens (including phenoxy) is 2. The number of fused-ring (bicyclic) bond motifs is 2. The van der Waals surface area contributed by atoms with E-state index >= 15 is 0 Å². The molecule has 0 bridgehead atoms. The Morgan fingerprint density at radius 1 is 1.06 bits per heavy atom. The summed E-state index contributed by atoms with van der Waals surface area (Å²) in [6, 6.07) is 17.2. The topological polar surface area (TPSA) is 79.9 Å². The normalized spacial score (nSPS) is 16.5. The molecule has 2 aliphatic rings. The minimum absolute atomic E-state index is 0.143. The van der Waals surface area contributed by atoms with Crippen molar-refractivity contribution in [2.24, 2.45) is 0 Å². The summed E-state index contributed by atoms with van der Waals surface area (Å²) in [4.78, 5) is 26.3. The number of hydrogen-bond donors (Lipinski definition) is 2. The zero-order chi connectivity index (χ0) is 21.5. The zero-order valence-corrected chi connectivity index (χ0v) is 18.2. The number of carbonyl (C=O) groups is 2. The van der Waals surface area contributed by atoms with E-state index in [4.69, 9.17) is 21.1 Å². The molecule has 0 spiro atoms. The molecule has 5 rings (SSSR count). The fourth-order valence-electron chi connectivity index (χ4n) is 3.48. The smallest absolute Gasteiger partial charge is 0.276 e. The van der Waals surface area contributed by atoms with Gasteiger partial charge in [-0.3, -0.25) is 15.0 Å². The van der Waals surface area contributed by atoms with E-state index in [0.717, 1.165) is 10.0 Å². The summed E-state index contributed by atoms with van der Waals surface area (Å²) in [7, 11) is 0. The lowest BCUT2D eigenvalue weighted by molar-refractivity contribution is 0.0490. The van der Waals surface area contributed by atoms with Gasteiger partial charge in [-0.25, -0.2) is 5.01 Å². The molecule has 156 valence electrons. The van der Waals surface area contributed by atoms with E-state index in [1.165, 1.54) is 5.01 Å². The molecule has 7 nitrogen and oxygen atoms in total. The highest BCUT2D eigenvalue weighted by atomic mass is 79.9. The molecule has 3 aromatic carbocycles. The summed E-state index contributed by atoms with van der Waals surface area (Å²) in [5.74, 6) is 0.431. The van der Waals surface area contributed by atoms with Crippen molar-refractivity contribution in [3.05, 3.63) is 86.8 Å². The van der Waals surface area contributed by atoms with Crippen molar-refractivity contribution >= 4 is 45.0 Å². The first-order valence-corrected chi connectivity index (χ1v) is 10.5. The predicted molar refractivity (Wildman–Crippen MR) is 118 cm³/mol. The van der Waals surface area contributed by atoms with Crippen LogP contribution in [0.3, 0.4) is 0 Å². The molecule has 2 N–H and O–H groups in total. The van der Waals surface area contributed by atoms with Gasteiger partial charge >= 0.3 is 0 Å². The summed E-state index contributed by atoms with van der Waals surface area (Å²) >= 11 is 9.32. The summed E-state index contributed by atoms with van der Waals surface area (Å²) < 4.78 is 11.6. The Labute approximate surface area is 191 Å². The highest BCUT2D eigenvalue weighted by molar-refractivity contribution is 9.10. The summed E-state index contributed by atoms with van der Waals surface area (Å²) in [6.45, 7) is 0.143. The van der Waals surface area contributed by atoms with Gasteiger partial charge in [0.05, 0.1) is 5.56 Å². The molecule has 2 heterocycles. The molecule has 2 amide bonds. The SMILES string of the molecule is O=C(NN1C(=O)c2cc(Br)ccc2N[C@@H]1c1ccc2c(c1)OCO2)c1ccc(Cl)cc1. The van der Waals surface area contributed by atoms with Crippen LogP contribution in [0.25, 0.3) is 0 Å². The predicted octanol–water partition coefficient (Wildman–Crippen LogP) is 4.74. The Morgan fingerprint density at radius 2 is 1.84 bits per heavy atom. The third-order valence-corrected chi connectivity index (χ3v) is 5.77. The highest BCUT2D eigenvalue weighted by Crippen LogP contribution is 2.38. The van der Waals surface area contributed by atoms with Crippen LogP contribution in [0.5, 0.6) is 11.5 Å². The van der Waals surface area contributed by atoms with Gasteiger partial charge in [-0.2, -0.15) is 0 Å². The molecule has 31 heavy (non-hydrogen) atoms. The van der Waals surface area contributed by atoms with Gasteiger partial charge in [0.25, 0.3) is 11.8 Å². The minimum Gasteiger partial charge on any atom is -0.454 e. The Kier molecular flexibility index (Phi) is 4.95. The summed E-state index contributed by atoms with van der Waals surface area (Å²) in [6.07, 6.45) is -0.660. The average molecular weight is 501 g/mol. The number of benzene rings is 3. The van der Waals surface area contributed by atoms with Crippen molar-refractivity contribution in [3.63, 3.8) is 0 Å². The highest BCUT2D eigenvalue weighted by Gasteiger charge is 2.35. The van der Waals surface area contributed by atoms with E-state index in [0.29, 0.717) is 33.3 Å². The average Bonchev–Trinajstić information content (AvgIpc) is 3.24. The maximum atomic E-state index is 13.4. The standard InChI is InChI=1S/C22H15BrClN3O4/c23-14-4-7-17-16(10-14)22(29)27(26-21(28)12-1-5-15(24)6-2-12)20(25-17)13-3-8-18-19(9-13)31-11-30-18/h1-10,20,25H,11H2,(H,26,28)/t20-/m0/s1. The van der Waals surface area contributed by atoms with Crippen LogP contribution < -0.4 is 20.2 Å². The summed E-state index contributed by atoms with van der Waals surface area (Å²) in [5, 5.41) is 5.13. The van der Waals surface area contributed by atoms with Crippen molar-refractivity contribution in [1.82, 2.24) is 10.4 Å². The maximum absolute atomic E-state index is 13.4. The number of nitrogens with one attached hydrogen (secondary N) is 2. The third-order valence-electron chi connectivity index (χ3n) is 5.02. The number of hydrogen-bond acceptors (Lipinski definition) is 5. The first kappa shape index (κ1) is 19.7.